The van der Waals surface area contributed by atoms with Gasteiger partial charge in [0.25, 0.3) is 5.56 Å². The van der Waals surface area contributed by atoms with Crippen LogP contribution in [-0.4, -0.2) is 29.7 Å². The Hall–Kier alpha value is -1.56. The van der Waals surface area contributed by atoms with Crippen molar-refractivity contribution in [3.05, 3.63) is 16.7 Å². The average molecular weight is 224 g/mol. The van der Waals surface area contributed by atoms with E-state index in [0.29, 0.717) is 18.3 Å². The van der Waals surface area contributed by atoms with Gasteiger partial charge in [-0.3, -0.25) is 4.79 Å². The number of rotatable bonds is 5. The van der Waals surface area contributed by atoms with E-state index < -0.39 is 0 Å². The molecule has 1 aliphatic carbocycles. The Morgan fingerprint density at radius 2 is 2.50 bits per heavy atom. The number of aromatic amines is 1. The Bertz CT molecular complexity index is 414. The number of aromatic nitrogens is 2. The lowest BCUT2D eigenvalue weighted by Gasteiger charge is -2.13. The van der Waals surface area contributed by atoms with Gasteiger partial charge in [0.2, 0.25) is 5.75 Å². The molecule has 1 fully saturated rings. The second-order valence-electron chi connectivity index (χ2n) is 4.00. The van der Waals surface area contributed by atoms with Crippen molar-refractivity contribution in [2.75, 3.05) is 19.0 Å². The summed E-state index contributed by atoms with van der Waals surface area (Å²) in [5.74, 6) is 1.26. The maximum Gasteiger partial charge on any atom is 0.295 e. The molecule has 88 valence electrons. The molecule has 6 heteroatoms. The van der Waals surface area contributed by atoms with E-state index in [1.165, 1.54) is 26.3 Å². The largest absolute Gasteiger partial charge is 0.489 e. The third-order valence-electron chi connectivity index (χ3n) is 2.75. The highest BCUT2D eigenvalue weighted by Crippen LogP contribution is 2.31. The first-order valence-corrected chi connectivity index (χ1v) is 5.33. The van der Waals surface area contributed by atoms with Crippen LogP contribution < -0.4 is 21.3 Å². The third-order valence-corrected chi connectivity index (χ3v) is 2.75. The second kappa shape index (κ2) is 4.52. The number of H-pyrrole nitrogens is 1. The highest BCUT2D eigenvalue weighted by Gasteiger charge is 2.28. The second-order valence-corrected chi connectivity index (χ2v) is 4.00. The molecule has 6 nitrogen and oxygen atoms in total. The first-order chi connectivity index (χ1) is 7.72. The number of ether oxygens (including phenoxy) is 1. The van der Waals surface area contributed by atoms with Gasteiger partial charge in [-0.2, -0.15) is 0 Å². The molecule has 2 rings (SSSR count). The molecular formula is C10H16N4O2. The molecule has 1 saturated carbocycles. The van der Waals surface area contributed by atoms with Crippen molar-refractivity contribution in [2.45, 2.75) is 18.9 Å². The lowest BCUT2D eigenvalue weighted by molar-refractivity contribution is 0.407. The van der Waals surface area contributed by atoms with Crippen molar-refractivity contribution in [2.24, 2.45) is 11.7 Å². The van der Waals surface area contributed by atoms with E-state index in [1.807, 2.05) is 0 Å². The molecule has 0 aliphatic heterocycles. The predicted molar refractivity (Wildman–Crippen MR) is 60.6 cm³/mol. The maximum absolute atomic E-state index is 11.4. The number of anilines is 1. The molecule has 0 aromatic carbocycles. The number of nitrogens with two attached hydrogens (primary N) is 1. The molecular weight excluding hydrogens is 208 g/mol. The highest BCUT2D eigenvalue weighted by molar-refractivity contribution is 5.47. The van der Waals surface area contributed by atoms with E-state index in [-0.39, 0.29) is 17.4 Å². The first kappa shape index (κ1) is 10.9. The van der Waals surface area contributed by atoms with Crippen LogP contribution in [-0.2, 0) is 0 Å². The smallest absolute Gasteiger partial charge is 0.295 e. The molecule has 0 saturated heterocycles. The van der Waals surface area contributed by atoms with Crippen molar-refractivity contribution >= 4 is 5.82 Å². The molecule has 0 bridgehead atoms. The molecule has 1 aromatic heterocycles. The lowest BCUT2D eigenvalue weighted by Crippen LogP contribution is -2.31. The van der Waals surface area contributed by atoms with Crippen LogP contribution in [0.4, 0.5) is 5.82 Å². The van der Waals surface area contributed by atoms with Crippen LogP contribution >= 0.6 is 0 Å². The SMILES string of the molecule is COc1c(NCC(N)C2CC2)nc[nH]c1=O. The van der Waals surface area contributed by atoms with Crippen LogP contribution in [0.1, 0.15) is 12.8 Å². The van der Waals surface area contributed by atoms with Crippen molar-refractivity contribution in [3.63, 3.8) is 0 Å². The van der Waals surface area contributed by atoms with Crippen LogP contribution in [0.2, 0.25) is 0 Å². The number of methoxy groups -OCH3 is 1. The minimum Gasteiger partial charge on any atom is -0.489 e. The zero-order valence-corrected chi connectivity index (χ0v) is 9.19. The van der Waals surface area contributed by atoms with Crippen LogP contribution in [0, 0.1) is 5.92 Å². The topological polar surface area (TPSA) is 93.0 Å². The van der Waals surface area contributed by atoms with E-state index in [2.05, 4.69) is 15.3 Å². The Morgan fingerprint density at radius 1 is 1.75 bits per heavy atom. The summed E-state index contributed by atoms with van der Waals surface area (Å²) in [5, 5.41) is 3.04. The number of nitrogens with zero attached hydrogens (tertiary/aromatic N) is 1. The summed E-state index contributed by atoms with van der Waals surface area (Å²) in [6, 6.07) is 0.116. The van der Waals surface area contributed by atoms with Gasteiger partial charge in [-0.25, -0.2) is 4.98 Å². The third kappa shape index (κ3) is 2.33. The molecule has 0 radical (unpaired) electrons. The normalized spacial score (nSPS) is 16.9. The van der Waals surface area contributed by atoms with E-state index in [9.17, 15) is 4.79 Å². The van der Waals surface area contributed by atoms with Gasteiger partial charge >= 0.3 is 0 Å². The molecule has 1 heterocycles. The lowest BCUT2D eigenvalue weighted by atomic mass is 10.2. The fourth-order valence-electron chi connectivity index (χ4n) is 1.61. The maximum atomic E-state index is 11.4. The fraction of sp³-hybridized carbons (Fsp3) is 0.600. The molecule has 4 N–H and O–H groups in total. The van der Waals surface area contributed by atoms with Crippen LogP contribution in [0.25, 0.3) is 0 Å². The Balaban J connectivity index is 2.02. The minimum atomic E-state index is -0.292. The summed E-state index contributed by atoms with van der Waals surface area (Å²) >= 11 is 0. The predicted octanol–water partition coefficient (Wildman–Crippen LogP) is -0.0723. The van der Waals surface area contributed by atoms with Gasteiger partial charge in [-0.15, -0.1) is 0 Å². The average Bonchev–Trinajstić information content (AvgIpc) is 3.09. The van der Waals surface area contributed by atoms with E-state index in [1.54, 1.807) is 0 Å². The van der Waals surface area contributed by atoms with Crippen LogP contribution in [0.3, 0.4) is 0 Å². The summed E-state index contributed by atoms with van der Waals surface area (Å²) < 4.78 is 4.97. The molecule has 0 spiro atoms. The van der Waals surface area contributed by atoms with Crippen molar-refractivity contribution in [1.82, 2.24) is 9.97 Å². The number of nitrogens with one attached hydrogen (secondary N) is 2. The summed E-state index contributed by atoms with van der Waals surface area (Å²) in [6.45, 7) is 0.609. The van der Waals surface area contributed by atoms with E-state index in [4.69, 9.17) is 10.5 Å². The zero-order chi connectivity index (χ0) is 11.5. The fourth-order valence-corrected chi connectivity index (χ4v) is 1.61. The van der Waals surface area contributed by atoms with Gasteiger partial charge < -0.3 is 20.8 Å². The van der Waals surface area contributed by atoms with Gasteiger partial charge in [-0.05, 0) is 18.8 Å². The summed E-state index contributed by atoms with van der Waals surface area (Å²) in [7, 11) is 1.44. The van der Waals surface area contributed by atoms with E-state index in [0.717, 1.165) is 0 Å². The standard InChI is InChI=1S/C10H16N4O2/c1-16-8-9(13-5-14-10(8)15)12-4-7(11)6-2-3-6/h5-7H,2-4,11H2,1H3,(H2,12,13,14,15). The molecule has 1 aromatic rings. The van der Waals surface area contributed by atoms with Gasteiger partial charge in [0, 0.05) is 12.6 Å². The Morgan fingerprint density at radius 3 is 3.12 bits per heavy atom. The molecule has 16 heavy (non-hydrogen) atoms. The minimum absolute atomic E-state index is 0.116. The van der Waals surface area contributed by atoms with Crippen molar-refractivity contribution < 1.29 is 4.74 Å². The molecule has 1 atom stereocenters. The van der Waals surface area contributed by atoms with E-state index >= 15 is 0 Å². The summed E-state index contributed by atoms with van der Waals surface area (Å²) in [6.07, 6.45) is 3.74. The monoisotopic (exact) mass is 224 g/mol. The van der Waals surface area contributed by atoms with Gasteiger partial charge in [0.15, 0.2) is 5.82 Å². The van der Waals surface area contributed by atoms with Crippen LogP contribution in [0.15, 0.2) is 11.1 Å². The summed E-state index contributed by atoms with van der Waals surface area (Å²) in [5.41, 5.74) is 5.65. The molecule has 1 unspecified atom stereocenters. The Labute approximate surface area is 93.2 Å². The van der Waals surface area contributed by atoms with Crippen LogP contribution in [0.5, 0.6) is 5.75 Å². The molecule has 0 amide bonds. The van der Waals surface area contributed by atoms with Crippen molar-refractivity contribution in [3.8, 4) is 5.75 Å². The van der Waals surface area contributed by atoms with Crippen molar-refractivity contribution in [1.29, 1.82) is 0 Å². The number of hydrogen-bond acceptors (Lipinski definition) is 5. The molecule has 1 aliphatic rings. The van der Waals surface area contributed by atoms with Gasteiger partial charge in [0.1, 0.15) is 0 Å². The summed E-state index contributed by atoms with van der Waals surface area (Å²) in [4.78, 5) is 17.8. The highest BCUT2D eigenvalue weighted by atomic mass is 16.5. The first-order valence-electron chi connectivity index (χ1n) is 5.33. The van der Waals surface area contributed by atoms with Gasteiger partial charge in [0.05, 0.1) is 13.4 Å². The zero-order valence-electron chi connectivity index (χ0n) is 9.19. The number of hydrogen-bond donors (Lipinski definition) is 3. The Kier molecular flexibility index (Phi) is 3.09. The quantitative estimate of drug-likeness (QED) is 0.651. The van der Waals surface area contributed by atoms with Gasteiger partial charge in [-0.1, -0.05) is 0 Å².